The molecule has 1 aliphatic rings. The average Bonchev–Trinajstić information content (AvgIpc) is 2.90. The Kier molecular flexibility index (Phi) is 5.53. The quantitative estimate of drug-likeness (QED) is 0.894. The molecule has 0 bridgehead atoms. The summed E-state index contributed by atoms with van der Waals surface area (Å²) in [5, 5.41) is 3.60. The first-order valence-electron chi connectivity index (χ1n) is 7.55. The minimum absolute atomic E-state index is 0.168. The van der Waals surface area contributed by atoms with Crippen LogP contribution in [0.2, 0.25) is 0 Å². The van der Waals surface area contributed by atoms with Crippen molar-refractivity contribution in [1.82, 2.24) is 10.2 Å². The van der Waals surface area contributed by atoms with Crippen LogP contribution in [0.4, 0.5) is 0 Å². The molecule has 1 aromatic rings. The van der Waals surface area contributed by atoms with Gasteiger partial charge in [0.05, 0.1) is 0 Å². The molecule has 1 fully saturated rings. The topological polar surface area (TPSA) is 15.3 Å². The largest absolute Gasteiger partial charge is 0.308 e. The van der Waals surface area contributed by atoms with Gasteiger partial charge in [-0.3, -0.25) is 4.90 Å². The van der Waals surface area contributed by atoms with Gasteiger partial charge in [-0.2, -0.15) is 11.8 Å². The molecule has 20 heavy (non-hydrogen) atoms. The molecule has 1 heterocycles. The molecule has 0 radical (unpaired) electrons. The maximum atomic E-state index is 3.60. The second kappa shape index (κ2) is 6.97. The minimum atomic E-state index is 0.168. The van der Waals surface area contributed by atoms with Crippen LogP contribution in [0.25, 0.3) is 0 Å². The smallest absolute Gasteiger partial charge is 0.0237 e. The van der Waals surface area contributed by atoms with E-state index in [0.29, 0.717) is 0 Å². The second-order valence-electron chi connectivity index (χ2n) is 6.80. The summed E-state index contributed by atoms with van der Waals surface area (Å²) >= 11 is 2.08. The lowest BCUT2D eigenvalue weighted by Gasteiger charge is -2.26. The summed E-state index contributed by atoms with van der Waals surface area (Å²) < 4.78 is 0. The highest BCUT2D eigenvalue weighted by atomic mass is 32.2. The van der Waals surface area contributed by atoms with Crippen LogP contribution in [0.5, 0.6) is 0 Å². The van der Waals surface area contributed by atoms with Gasteiger partial charge in [0.15, 0.2) is 0 Å². The van der Waals surface area contributed by atoms with E-state index in [1.165, 1.54) is 29.1 Å². The van der Waals surface area contributed by atoms with E-state index in [-0.39, 0.29) is 5.54 Å². The predicted molar refractivity (Wildman–Crippen MR) is 90.2 cm³/mol. The van der Waals surface area contributed by atoms with Crippen molar-refractivity contribution in [3.63, 3.8) is 0 Å². The SMILES string of the molecule is CN(Cc1ccccc1CNC(C)(C)C)C1CCSC1. The fourth-order valence-corrected chi connectivity index (χ4v) is 3.81. The number of hydrogen-bond acceptors (Lipinski definition) is 3. The van der Waals surface area contributed by atoms with Crippen LogP contribution in [0, 0.1) is 0 Å². The first kappa shape index (κ1) is 15.9. The summed E-state index contributed by atoms with van der Waals surface area (Å²) in [7, 11) is 2.27. The van der Waals surface area contributed by atoms with E-state index in [4.69, 9.17) is 0 Å². The third-order valence-electron chi connectivity index (χ3n) is 3.88. The standard InChI is InChI=1S/C17H28N2S/c1-17(2,3)18-11-14-7-5-6-8-15(14)12-19(4)16-9-10-20-13-16/h5-8,16,18H,9-13H2,1-4H3. The van der Waals surface area contributed by atoms with Gasteiger partial charge in [0, 0.05) is 30.4 Å². The van der Waals surface area contributed by atoms with E-state index in [9.17, 15) is 0 Å². The van der Waals surface area contributed by atoms with Crippen molar-refractivity contribution in [3.05, 3.63) is 35.4 Å². The highest BCUT2D eigenvalue weighted by molar-refractivity contribution is 7.99. The van der Waals surface area contributed by atoms with Crippen LogP contribution >= 0.6 is 11.8 Å². The minimum Gasteiger partial charge on any atom is -0.308 e. The molecule has 0 aromatic heterocycles. The van der Waals surface area contributed by atoms with E-state index < -0.39 is 0 Å². The number of nitrogens with zero attached hydrogens (tertiary/aromatic N) is 1. The van der Waals surface area contributed by atoms with Gasteiger partial charge in [0.25, 0.3) is 0 Å². The third kappa shape index (κ3) is 4.80. The van der Waals surface area contributed by atoms with Crippen LogP contribution in [-0.4, -0.2) is 35.0 Å². The lowest BCUT2D eigenvalue weighted by atomic mass is 10.0. The van der Waals surface area contributed by atoms with E-state index >= 15 is 0 Å². The van der Waals surface area contributed by atoms with Gasteiger partial charge >= 0.3 is 0 Å². The van der Waals surface area contributed by atoms with Crippen LogP contribution in [-0.2, 0) is 13.1 Å². The van der Waals surface area contributed by atoms with Gasteiger partial charge < -0.3 is 5.32 Å². The molecular formula is C17H28N2S. The van der Waals surface area contributed by atoms with Gasteiger partial charge in [-0.1, -0.05) is 24.3 Å². The third-order valence-corrected chi connectivity index (χ3v) is 5.02. The molecule has 1 N–H and O–H groups in total. The molecule has 1 atom stereocenters. The van der Waals surface area contributed by atoms with E-state index in [0.717, 1.165) is 19.1 Å². The molecule has 0 aliphatic carbocycles. The molecule has 1 saturated heterocycles. The summed E-state index contributed by atoms with van der Waals surface area (Å²) in [6, 6.07) is 9.59. The van der Waals surface area contributed by atoms with Gasteiger partial charge in [0.2, 0.25) is 0 Å². The Bertz CT molecular complexity index is 419. The van der Waals surface area contributed by atoms with Crippen molar-refractivity contribution in [2.24, 2.45) is 0 Å². The molecular weight excluding hydrogens is 264 g/mol. The van der Waals surface area contributed by atoms with E-state index in [1.54, 1.807) is 0 Å². The van der Waals surface area contributed by atoms with Gasteiger partial charge in [-0.25, -0.2) is 0 Å². The number of nitrogens with one attached hydrogen (secondary N) is 1. The number of hydrogen-bond donors (Lipinski definition) is 1. The van der Waals surface area contributed by atoms with Gasteiger partial charge in [-0.15, -0.1) is 0 Å². The number of benzene rings is 1. The summed E-state index contributed by atoms with van der Waals surface area (Å²) in [5.41, 5.74) is 3.06. The molecule has 1 aromatic carbocycles. The summed E-state index contributed by atoms with van der Waals surface area (Å²) in [6.45, 7) is 8.67. The highest BCUT2D eigenvalue weighted by Gasteiger charge is 2.20. The molecule has 0 amide bonds. The Hall–Kier alpha value is -0.510. The Labute approximate surface area is 128 Å². The monoisotopic (exact) mass is 292 g/mol. The van der Waals surface area contributed by atoms with Crippen LogP contribution < -0.4 is 5.32 Å². The molecule has 2 rings (SSSR count). The van der Waals surface area contributed by atoms with Crippen molar-refractivity contribution in [1.29, 1.82) is 0 Å². The summed E-state index contributed by atoms with van der Waals surface area (Å²) in [6.07, 6.45) is 1.34. The Balaban J connectivity index is 1.99. The molecule has 0 saturated carbocycles. The Morgan fingerprint density at radius 2 is 1.95 bits per heavy atom. The first-order chi connectivity index (χ1) is 9.46. The zero-order valence-corrected chi connectivity index (χ0v) is 14.1. The van der Waals surface area contributed by atoms with Crippen LogP contribution in [0.1, 0.15) is 38.3 Å². The van der Waals surface area contributed by atoms with Gasteiger partial charge in [-0.05, 0) is 51.1 Å². The predicted octanol–water partition coefficient (Wildman–Crippen LogP) is 3.51. The zero-order valence-electron chi connectivity index (χ0n) is 13.3. The van der Waals surface area contributed by atoms with Crippen molar-refractivity contribution in [2.45, 2.75) is 51.9 Å². The molecule has 1 unspecified atom stereocenters. The lowest BCUT2D eigenvalue weighted by molar-refractivity contribution is 0.253. The van der Waals surface area contributed by atoms with E-state index in [2.05, 4.69) is 74.1 Å². The first-order valence-corrected chi connectivity index (χ1v) is 8.71. The lowest BCUT2D eigenvalue weighted by Crippen LogP contribution is -2.36. The van der Waals surface area contributed by atoms with Crippen molar-refractivity contribution >= 4 is 11.8 Å². The van der Waals surface area contributed by atoms with E-state index in [1.807, 2.05) is 0 Å². The van der Waals surface area contributed by atoms with Crippen LogP contribution in [0.15, 0.2) is 24.3 Å². The zero-order chi connectivity index (χ0) is 14.6. The van der Waals surface area contributed by atoms with Gasteiger partial charge in [0.1, 0.15) is 0 Å². The van der Waals surface area contributed by atoms with Crippen molar-refractivity contribution < 1.29 is 0 Å². The number of thioether (sulfide) groups is 1. The molecule has 1 aliphatic heterocycles. The fraction of sp³-hybridized carbons (Fsp3) is 0.647. The van der Waals surface area contributed by atoms with Crippen molar-refractivity contribution in [2.75, 3.05) is 18.6 Å². The summed E-state index contributed by atoms with van der Waals surface area (Å²) in [4.78, 5) is 2.52. The molecule has 0 spiro atoms. The maximum Gasteiger partial charge on any atom is 0.0237 e. The fourth-order valence-electron chi connectivity index (χ4n) is 2.51. The maximum absolute atomic E-state index is 3.60. The Morgan fingerprint density at radius 3 is 2.55 bits per heavy atom. The molecule has 112 valence electrons. The van der Waals surface area contributed by atoms with Crippen molar-refractivity contribution in [3.8, 4) is 0 Å². The molecule has 2 nitrogen and oxygen atoms in total. The Morgan fingerprint density at radius 1 is 1.25 bits per heavy atom. The average molecular weight is 292 g/mol. The van der Waals surface area contributed by atoms with Crippen LogP contribution in [0.3, 0.4) is 0 Å². The highest BCUT2D eigenvalue weighted by Crippen LogP contribution is 2.23. The second-order valence-corrected chi connectivity index (χ2v) is 7.95. The normalized spacial score (nSPS) is 19.8. The molecule has 3 heteroatoms. The number of rotatable bonds is 5. The summed E-state index contributed by atoms with van der Waals surface area (Å²) in [5.74, 6) is 2.61.